The van der Waals surface area contributed by atoms with E-state index in [0.29, 0.717) is 29.1 Å². The van der Waals surface area contributed by atoms with Crippen molar-refractivity contribution in [3.63, 3.8) is 0 Å². The third-order valence-electron chi connectivity index (χ3n) is 4.03. The van der Waals surface area contributed by atoms with Crippen LogP contribution in [0.1, 0.15) is 6.92 Å². The zero-order valence-corrected chi connectivity index (χ0v) is 16.1. The average molecular weight is 396 g/mol. The number of nitrogens with zero attached hydrogens (tertiary/aromatic N) is 2. The van der Waals surface area contributed by atoms with E-state index in [9.17, 15) is 13.2 Å². The molecule has 0 amide bonds. The SMILES string of the molecule is CCOc1ccc(NS(=O)(=O)c2cc3c(cc2Cl)n(C)c(=O)n3C)cc1. The lowest BCUT2D eigenvalue weighted by molar-refractivity contribution is 0.340. The molecular weight excluding hydrogens is 378 g/mol. The van der Waals surface area contributed by atoms with Crippen LogP contribution in [0.25, 0.3) is 11.0 Å². The van der Waals surface area contributed by atoms with Gasteiger partial charge in [0.15, 0.2) is 0 Å². The summed E-state index contributed by atoms with van der Waals surface area (Å²) in [5.74, 6) is 0.647. The fourth-order valence-corrected chi connectivity index (χ4v) is 4.30. The molecule has 0 spiro atoms. The fraction of sp³-hybridized carbons (Fsp3) is 0.235. The molecule has 0 saturated carbocycles. The highest BCUT2D eigenvalue weighted by Gasteiger charge is 2.21. The number of ether oxygens (including phenoxy) is 1. The highest BCUT2D eigenvalue weighted by atomic mass is 35.5. The van der Waals surface area contributed by atoms with E-state index in [0.717, 1.165) is 0 Å². The molecule has 7 nitrogen and oxygen atoms in total. The Hall–Kier alpha value is -2.45. The minimum absolute atomic E-state index is 0.0390. The number of rotatable bonds is 5. The fourth-order valence-electron chi connectivity index (χ4n) is 2.70. The summed E-state index contributed by atoms with van der Waals surface area (Å²) in [6.45, 7) is 2.39. The van der Waals surface area contributed by atoms with Crippen molar-refractivity contribution < 1.29 is 13.2 Å². The average Bonchev–Trinajstić information content (AvgIpc) is 2.80. The monoisotopic (exact) mass is 395 g/mol. The van der Waals surface area contributed by atoms with E-state index in [1.165, 1.54) is 21.3 Å². The van der Waals surface area contributed by atoms with E-state index >= 15 is 0 Å². The lowest BCUT2D eigenvalue weighted by Crippen LogP contribution is -2.19. The second-order valence-corrected chi connectivity index (χ2v) is 7.79. The summed E-state index contributed by atoms with van der Waals surface area (Å²) in [4.78, 5) is 11.9. The van der Waals surface area contributed by atoms with Gasteiger partial charge in [0.2, 0.25) is 0 Å². The van der Waals surface area contributed by atoms with Crippen molar-refractivity contribution in [3.8, 4) is 5.75 Å². The molecule has 0 unspecified atom stereocenters. The number of hydrogen-bond donors (Lipinski definition) is 1. The normalized spacial score (nSPS) is 11.7. The van der Waals surface area contributed by atoms with Crippen LogP contribution >= 0.6 is 11.6 Å². The first-order chi connectivity index (χ1) is 12.2. The number of fused-ring (bicyclic) bond motifs is 1. The number of imidazole rings is 1. The van der Waals surface area contributed by atoms with Crippen LogP contribution in [0.4, 0.5) is 5.69 Å². The zero-order chi connectivity index (χ0) is 19.1. The molecule has 3 rings (SSSR count). The van der Waals surface area contributed by atoms with Crippen molar-refractivity contribution in [2.75, 3.05) is 11.3 Å². The third-order valence-corrected chi connectivity index (χ3v) is 5.88. The lowest BCUT2D eigenvalue weighted by Gasteiger charge is -2.11. The Bertz CT molecular complexity index is 1130. The van der Waals surface area contributed by atoms with E-state index in [4.69, 9.17) is 16.3 Å². The Labute approximate surface area is 155 Å². The van der Waals surface area contributed by atoms with Crippen molar-refractivity contribution in [1.29, 1.82) is 0 Å². The predicted octanol–water partition coefficient (Wildman–Crippen LogP) is 2.73. The summed E-state index contributed by atoms with van der Waals surface area (Å²) in [6, 6.07) is 9.43. The Kier molecular flexibility index (Phi) is 4.72. The van der Waals surface area contributed by atoms with Crippen LogP contribution in [-0.2, 0) is 24.1 Å². The van der Waals surface area contributed by atoms with Gasteiger partial charge in [-0.3, -0.25) is 13.9 Å². The molecular formula is C17H18ClN3O4S. The van der Waals surface area contributed by atoms with Crippen LogP contribution in [0.5, 0.6) is 5.75 Å². The molecule has 3 aromatic rings. The molecule has 1 N–H and O–H groups in total. The molecule has 0 aliphatic rings. The highest BCUT2D eigenvalue weighted by Crippen LogP contribution is 2.28. The highest BCUT2D eigenvalue weighted by molar-refractivity contribution is 7.92. The van der Waals surface area contributed by atoms with Crippen LogP contribution in [0, 0.1) is 0 Å². The summed E-state index contributed by atoms with van der Waals surface area (Å²) in [5.41, 5.74) is 1.16. The van der Waals surface area contributed by atoms with Gasteiger partial charge in [-0.2, -0.15) is 0 Å². The maximum absolute atomic E-state index is 12.8. The molecule has 138 valence electrons. The van der Waals surface area contributed by atoms with Crippen LogP contribution in [-0.4, -0.2) is 24.2 Å². The number of anilines is 1. The van der Waals surface area contributed by atoms with Gasteiger partial charge in [-0.25, -0.2) is 13.2 Å². The molecule has 2 aromatic carbocycles. The van der Waals surface area contributed by atoms with Gasteiger partial charge >= 0.3 is 5.69 Å². The molecule has 0 radical (unpaired) electrons. The first-order valence-corrected chi connectivity index (χ1v) is 9.71. The number of hydrogen-bond acceptors (Lipinski definition) is 4. The van der Waals surface area contributed by atoms with Crippen molar-refractivity contribution in [2.45, 2.75) is 11.8 Å². The van der Waals surface area contributed by atoms with Crippen molar-refractivity contribution in [2.24, 2.45) is 14.1 Å². The summed E-state index contributed by atoms with van der Waals surface area (Å²) < 4.78 is 36.1. The third kappa shape index (κ3) is 3.17. The first-order valence-electron chi connectivity index (χ1n) is 7.85. The van der Waals surface area contributed by atoms with Gasteiger partial charge in [0.25, 0.3) is 10.0 Å². The quantitative estimate of drug-likeness (QED) is 0.720. The minimum atomic E-state index is -3.93. The molecule has 0 atom stereocenters. The van der Waals surface area contributed by atoms with Gasteiger partial charge in [-0.15, -0.1) is 0 Å². The van der Waals surface area contributed by atoms with Gasteiger partial charge in [0, 0.05) is 19.8 Å². The Balaban J connectivity index is 2.02. The Morgan fingerprint density at radius 1 is 1.08 bits per heavy atom. The van der Waals surface area contributed by atoms with Crippen LogP contribution in [0.2, 0.25) is 5.02 Å². The van der Waals surface area contributed by atoms with Gasteiger partial charge < -0.3 is 4.74 Å². The maximum Gasteiger partial charge on any atom is 0.328 e. The predicted molar refractivity (Wildman–Crippen MR) is 102 cm³/mol. The molecule has 26 heavy (non-hydrogen) atoms. The van der Waals surface area contributed by atoms with Gasteiger partial charge in [0.05, 0.1) is 22.7 Å². The second kappa shape index (κ2) is 6.69. The summed E-state index contributed by atoms with van der Waals surface area (Å²) in [6.07, 6.45) is 0. The van der Waals surface area contributed by atoms with Crippen molar-refractivity contribution in [3.05, 3.63) is 51.9 Å². The lowest BCUT2D eigenvalue weighted by atomic mass is 10.3. The topological polar surface area (TPSA) is 82.3 Å². The molecule has 9 heteroatoms. The van der Waals surface area contributed by atoms with E-state index in [-0.39, 0.29) is 15.6 Å². The summed E-state index contributed by atoms with van der Waals surface area (Å²) in [5, 5.41) is 0.0390. The number of sulfonamides is 1. The zero-order valence-electron chi connectivity index (χ0n) is 14.5. The van der Waals surface area contributed by atoms with Crippen molar-refractivity contribution >= 4 is 38.3 Å². The first kappa shape index (κ1) is 18.3. The molecule has 1 heterocycles. The molecule has 0 aliphatic carbocycles. The van der Waals surface area contributed by atoms with Gasteiger partial charge in [-0.05, 0) is 43.3 Å². The van der Waals surface area contributed by atoms with Crippen molar-refractivity contribution in [1.82, 2.24) is 9.13 Å². The largest absolute Gasteiger partial charge is 0.494 e. The molecule has 0 bridgehead atoms. The van der Waals surface area contributed by atoms with Crippen LogP contribution < -0.4 is 15.1 Å². The number of nitrogens with one attached hydrogen (secondary N) is 1. The van der Waals surface area contributed by atoms with Gasteiger partial charge in [-0.1, -0.05) is 11.6 Å². The smallest absolute Gasteiger partial charge is 0.328 e. The second-order valence-electron chi connectivity index (χ2n) is 5.73. The van der Waals surface area contributed by atoms with E-state index in [2.05, 4.69) is 4.72 Å². The Morgan fingerprint density at radius 2 is 1.65 bits per heavy atom. The number of halogens is 1. The standard InChI is InChI=1S/C17H18ClN3O4S/c1-4-25-12-7-5-11(6-8-12)19-26(23,24)16-10-15-14(9-13(16)18)20(2)17(22)21(15)3/h5-10,19H,4H2,1-3H3. The maximum atomic E-state index is 12.8. The Morgan fingerprint density at radius 3 is 2.23 bits per heavy atom. The van der Waals surface area contributed by atoms with E-state index in [1.807, 2.05) is 6.92 Å². The number of benzene rings is 2. The molecule has 0 fully saturated rings. The number of aromatic nitrogens is 2. The van der Waals surface area contributed by atoms with E-state index < -0.39 is 10.0 Å². The van der Waals surface area contributed by atoms with Crippen LogP contribution in [0.3, 0.4) is 0 Å². The molecule has 1 aromatic heterocycles. The summed E-state index contributed by atoms with van der Waals surface area (Å²) >= 11 is 6.19. The number of aryl methyl sites for hydroxylation is 2. The van der Waals surface area contributed by atoms with E-state index in [1.54, 1.807) is 38.4 Å². The summed E-state index contributed by atoms with van der Waals surface area (Å²) in [7, 11) is -0.746. The van der Waals surface area contributed by atoms with Crippen LogP contribution in [0.15, 0.2) is 46.1 Å². The minimum Gasteiger partial charge on any atom is -0.494 e. The molecule has 0 saturated heterocycles. The van der Waals surface area contributed by atoms with Gasteiger partial charge in [0.1, 0.15) is 10.6 Å². The molecule has 0 aliphatic heterocycles.